The van der Waals surface area contributed by atoms with E-state index in [0.29, 0.717) is 0 Å². The van der Waals surface area contributed by atoms with Crippen molar-refractivity contribution in [2.45, 2.75) is 26.3 Å². The number of benzene rings is 2. The number of amides is 2. The molecule has 2 aromatic carbocycles. The second kappa shape index (κ2) is 6.75. The van der Waals surface area contributed by atoms with Crippen molar-refractivity contribution in [1.82, 2.24) is 5.32 Å². The first kappa shape index (κ1) is 14.1. The molecule has 104 valence electrons. The Balaban J connectivity index is 2.33. The van der Waals surface area contributed by atoms with Crippen LogP contribution in [0, 0.1) is 0 Å². The largest absolute Gasteiger partial charge is 0.335 e. The molecule has 0 aromatic heterocycles. The van der Waals surface area contributed by atoms with Crippen LogP contribution >= 0.6 is 0 Å². The zero-order valence-electron chi connectivity index (χ0n) is 11.9. The quantitative estimate of drug-likeness (QED) is 0.879. The van der Waals surface area contributed by atoms with Gasteiger partial charge in [0, 0.05) is 6.04 Å². The lowest BCUT2D eigenvalue weighted by Gasteiger charge is -2.25. The predicted octanol–water partition coefficient (Wildman–Crippen LogP) is 4.33. The van der Waals surface area contributed by atoms with Crippen molar-refractivity contribution in [3.63, 3.8) is 0 Å². The van der Waals surface area contributed by atoms with Gasteiger partial charge in [-0.15, -0.1) is 0 Å². The lowest BCUT2D eigenvalue weighted by Crippen LogP contribution is -2.41. The Bertz CT molecular complexity index is 500. The summed E-state index contributed by atoms with van der Waals surface area (Å²) >= 11 is 0. The molecule has 0 aliphatic rings. The van der Waals surface area contributed by atoms with Crippen LogP contribution in [0.1, 0.15) is 20.3 Å². The highest BCUT2D eigenvalue weighted by atomic mass is 16.2. The van der Waals surface area contributed by atoms with Crippen molar-refractivity contribution in [1.29, 1.82) is 0 Å². The minimum atomic E-state index is -0.100. The standard InChI is InChI=1S/C17H20N2O/c1-3-14(2)18-17(20)19(15-10-6-4-7-11-15)16-12-8-5-9-13-16/h4-14H,3H2,1-2H3,(H,18,20)/t14-/m0/s1. The zero-order valence-corrected chi connectivity index (χ0v) is 11.9. The van der Waals surface area contributed by atoms with Crippen LogP contribution in [-0.2, 0) is 0 Å². The number of nitrogens with zero attached hydrogens (tertiary/aromatic N) is 1. The van der Waals surface area contributed by atoms with Gasteiger partial charge in [0.1, 0.15) is 0 Å². The van der Waals surface area contributed by atoms with E-state index in [2.05, 4.69) is 12.2 Å². The van der Waals surface area contributed by atoms with Crippen molar-refractivity contribution in [2.75, 3.05) is 4.90 Å². The lowest BCUT2D eigenvalue weighted by molar-refractivity contribution is 0.245. The zero-order chi connectivity index (χ0) is 14.4. The minimum absolute atomic E-state index is 0.100. The summed E-state index contributed by atoms with van der Waals surface area (Å²) in [5, 5.41) is 3.01. The number of hydrogen-bond donors (Lipinski definition) is 1. The van der Waals surface area contributed by atoms with Crippen molar-refractivity contribution in [2.24, 2.45) is 0 Å². The van der Waals surface area contributed by atoms with Crippen LogP contribution in [0.3, 0.4) is 0 Å². The molecule has 2 rings (SSSR count). The summed E-state index contributed by atoms with van der Waals surface area (Å²) < 4.78 is 0. The second-order valence-corrected chi connectivity index (χ2v) is 4.77. The van der Waals surface area contributed by atoms with Gasteiger partial charge in [0.2, 0.25) is 0 Å². The number of rotatable bonds is 4. The van der Waals surface area contributed by atoms with E-state index >= 15 is 0 Å². The van der Waals surface area contributed by atoms with Crippen molar-refractivity contribution >= 4 is 17.4 Å². The van der Waals surface area contributed by atoms with Gasteiger partial charge in [0.25, 0.3) is 0 Å². The van der Waals surface area contributed by atoms with Crippen LogP contribution in [-0.4, -0.2) is 12.1 Å². The topological polar surface area (TPSA) is 32.3 Å². The van der Waals surface area contributed by atoms with E-state index in [9.17, 15) is 4.79 Å². The third-order valence-electron chi connectivity index (χ3n) is 3.21. The number of para-hydroxylation sites is 2. The van der Waals surface area contributed by atoms with Crippen molar-refractivity contribution in [3.8, 4) is 0 Å². The van der Waals surface area contributed by atoms with E-state index in [1.165, 1.54) is 0 Å². The molecule has 0 unspecified atom stereocenters. The average molecular weight is 268 g/mol. The molecule has 0 heterocycles. The maximum atomic E-state index is 12.5. The first-order chi connectivity index (χ1) is 9.72. The number of anilines is 2. The lowest BCUT2D eigenvalue weighted by atomic mass is 10.2. The molecule has 2 aromatic rings. The molecule has 0 saturated heterocycles. The van der Waals surface area contributed by atoms with E-state index in [1.54, 1.807) is 4.90 Å². The van der Waals surface area contributed by atoms with Crippen molar-refractivity contribution in [3.05, 3.63) is 60.7 Å². The van der Waals surface area contributed by atoms with Gasteiger partial charge in [-0.3, -0.25) is 4.90 Å². The minimum Gasteiger partial charge on any atom is -0.335 e. The predicted molar refractivity (Wildman–Crippen MR) is 83.3 cm³/mol. The Morgan fingerprint density at radius 1 is 1.00 bits per heavy atom. The molecule has 1 atom stereocenters. The van der Waals surface area contributed by atoms with Crippen molar-refractivity contribution < 1.29 is 4.79 Å². The summed E-state index contributed by atoms with van der Waals surface area (Å²) in [6.07, 6.45) is 0.906. The van der Waals surface area contributed by atoms with E-state index in [1.807, 2.05) is 67.6 Å². The number of urea groups is 1. The molecule has 3 heteroatoms. The van der Waals surface area contributed by atoms with Gasteiger partial charge in [0.15, 0.2) is 0 Å². The fourth-order valence-corrected chi connectivity index (χ4v) is 1.92. The Morgan fingerprint density at radius 3 is 1.85 bits per heavy atom. The first-order valence-electron chi connectivity index (χ1n) is 6.93. The first-order valence-corrected chi connectivity index (χ1v) is 6.93. The Kier molecular flexibility index (Phi) is 4.77. The Labute approximate surface area is 120 Å². The van der Waals surface area contributed by atoms with E-state index < -0.39 is 0 Å². The molecule has 0 saturated carbocycles. The van der Waals surface area contributed by atoms with Crippen LogP contribution in [0.5, 0.6) is 0 Å². The highest BCUT2D eigenvalue weighted by molar-refractivity contribution is 5.99. The van der Waals surface area contributed by atoms with Crippen LogP contribution in [0.4, 0.5) is 16.2 Å². The molecule has 20 heavy (non-hydrogen) atoms. The molecule has 0 bridgehead atoms. The van der Waals surface area contributed by atoms with E-state index in [-0.39, 0.29) is 12.1 Å². The Morgan fingerprint density at radius 2 is 1.45 bits per heavy atom. The van der Waals surface area contributed by atoms with Crippen LogP contribution in [0.25, 0.3) is 0 Å². The summed E-state index contributed by atoms with van der Waals surface area (Å²) in [4.78, 5) is 14.2. The summed E-state index contributed by atoms with van der Waals surface area (Å²) in [6.45, 7) is 4.06. The van der Waals surface area contributed by atoms with E-state index in [4.69, 9.17) is 0 Å². The van der Waals surface area contributed by atoms with Crippen LogP contribution in [0.2, 0.25) is 0 Å². The third kappa shape index (κ3) is 3.38. The summed E-state index contributed by atoms with van der Waals surface area (Å²) in [7, 11) is 0. The highest BCUT2D eigenvalue weighted by Gasteiger charge is 2.18. The smallest absolute Gasteiger partial charge is 0.326 e. The normalized spacial score (nSPS) is 11.7. The maximum Gasteiger partial charge on any atom is 0.326 e. The van der Waals surface area contributed by atoms with Gasteiger partial charge in [-0.1, -0.05) is 43.3 Å². The fraction of sp³-hybridized carbons (Fsp3) is 0.235. The summed E-state index contributed by atoms with van der Waals surface area (Å²) in [6, 6.07) is 19.4. The Hall–Kier alpha value is -2.29. The molecular formula is C17H20N2O. The average Bonchev–Trinajstić information content (AvgIpc) is 2.49. The third-order valence-corrected chi connectivity index (χ3v) is 3.21. The molecule has 2 amide bonds. The van der Waals surface area contributed by atoms with Crippen LogP contribution in [0.15, 0.2) is 60.7 Å². The SMILES string of the molecule is CC[C@H](C)NC(=O)N(c1ccccc1)c1ccccc1. The van der Waals surface area contributed by atoms with Gasteiger partial charge < -0.3 is 5.32 Å². The molecule has 3 nitrogen and oxygen atoms in total. The molecule has 0 aliphatic heterocycles. The van der Waals surface area contributed by atoms with E-state index in [0.717, 1.165) is 17.8 Å². The monoisotopic (exact) mass is 268 g/mol. The van der Waals surface area contributed by atoms with Gasteiger partial charge >= 0.3 is 6.03 Å². The number of nitrogens with one attached hydrogen (secondary N) is 1. The van der Waals surface area contributed by atoms with Gasteiger partial charge in [-0.2, -0.15) is 0 Å². The van der Waals surface area contributed by atoms with Crippen LogP contribution < -0.4 is 10.2 Å². The molecule has 0 radical (unpaired) electrons. The summed E-state index contributed by atoms with van der Waals surface area (Å²) in [5.41, 5.74) is 1.72. The molecule has 0 aliphatic carbocycles. The molecular weight excluding hydrogens is 248 g/mol. The second-order valence-electron chi connectivity index (χ2n) is 4.77. The highest BCUT2D eigenvalue weighted by Crippen LogP contribution is 2.24. The van der Waals surface area contributed by atoms with Gasteiger partial charge in [-0.05, 0) is 37.6 Å². The molecule has 0 fully saturated rings. The number of hydrogen-bond acceptors (Lipinski definition) is 1. The van der Waals surface area contributed by atoms with Gasteiger partial charge in [-0.25, -0.2) is 4.79 Å². The number of carbonyl (C=O) groups is 1. The fourth-order valence-electron chi connectivity index (χ4n) is 1.92. The molecule has 1 N–H and O–H groups in total. The summed E-state index contributed by atoms with van der Waals surface area (Å²) in [5.74, 6) is 0. The maximum absolute atomic E-state index is 12.5. The van der Waals surface area contributed by atoms with Gasteiger partial charge in [0.05, 0.1) is 11.4 Å². The molecule has 0 spiro atoms. The number of carbonyl (C=O) groups excluding carboxylic acids is 1.